The van der Waals surface area contributed by atoms with Gasteiger partial charge in [0.15, 0.2) is 11.6 Å². The minimum atomic E-state index is -0.733. The first-order chi connectivity index (χ1) is 16.1. The molecule has 2 aromatic carbocycles. The smallest absolute Gasteiger partial charge is 0.167 e. The quantitative estimate of drug-likeness (QED) is 0.361. The molecule has 180 valence electrons. The van der Waals surface area contributed by atoms with Gasteiger partial charge in [-0.3, -0.25) is 0 Å². The number of halogens is 2. The fourth-order valence-corrected chi connectivity index (χ4v) is 6.11. The van der Waals surface area contributed by atoms with E-state index >= 15 is 0 Å². The second-order valence-electron chi connectivity index (χ2n) is 10.5. The van der Waals surface area contributed by atoms with Crippen LogP contribution in [0.2, 0.25) is 0 Å². The van der Waals surface area contributed by atoms with Crippen molar-refractivity contribution in [3.63, 3.8) is 0 Å². The Hall–Kier alpha value is -1.90. The summed E-state index contributed by atoms with van der Waals surface area (Å²) in [6, 6.07) is 7.10. The molecule has 2 aromatic rings. The van der Waals surface area contributed by atoms with E-state index in [2.05, 4.69) is 19.1 Å². The molecule has 0 atom stereocenters. The SMILES string of the molecule is CCC/C=C/C1CCC(CCC2CCC(c3cc4ccc(OC)cc4c(F)c3F)CC2)CC1. The van der Waals surface area contributed by atoms with Crippen molar-refractivity contribution in [2.75, 3.05) is 7.11 Å². The molecule has 0 unspecified atom stereocenters. The van der Waals surface area contributed by atoms with E-state index in [0.29, 0.717) is 16.7 Å². The van der Waals surface area contributed by atoms with Gasteiger partial charge in [0.2, 0.25) is 0 Å². The van der Waals surface area contributed by atoms with E-state index < -0.39 is 11.6 Å². The summed E-state index contributed by atoms with van der Waals surface area (Å²) in [6.07, 6.45) is 19.6. The van der Waals surface area contributed by atoms with Crippen LogP contribution in [0.4, 0.5) is 8.78 Å². The molecule has 2 fully saturated rings. The number of hydrogen-bond donors (Lipinski definition) is 0. The molecule has 2 aliphatic rings. The van der Waals surface area contributed by atoms with Crippen LogP contribution in [0.1, 0.15) is 95.5 Å². The summed E-state index contributed by atoms with van der Waals surface area (Å²) in [5.41, 5.74) is 0.568. The van der Waals surface area contributed by atoms with Crippen molar-refractivity contribution in [1.82, 2.24) is 0 Å². The van der Waals surface area contributed by atoms with Crippen molar-refractivity contribution in [2.45, 2.75) is 89.9 Å². The Morgan fingerprint density at radius 3 is 2.18 bits per heavy atom. The Bertz CT molecular complexity index is 934. The van der Waals surface area contributed by atoms with Gasteiger partial charge in [-0.2, -0.15) is 0 Å². The van der Waals surface area contributed by atoms with Crippen LogP contribution in [-0.4, -0.2) is 7.11 Å². The van der Waals surface area contributed by atoms with E-state index in [1.807, 2.05) is 18.2 Å². The predicted molar refractivity (Wildman–Crippen MR) is 134 cm³/mol. The summed E-state index contributed by atoms with van der Waals surface area (Å²) in [7, 11) is 1.54. The van der Waals surface area contributed by atoms with Crippen molar-refractivity contribution >= 4 is 10.8 Å². The largest absolute Gasteiger partial charge is 0.497 e. The summed E-state index contributed by atoms with van der Waals surface area (Å²) in [5.74, 6) is 1.74. The molecule has 0 radical (unpaired) electrons. The number of methoxy groups -OCH3 is 1. The van der Waals surface area contributed by atoms with Crippen LogP contribution in [0, 0.1) is 29.4 Å². The second kappa shape index (κ2) is 11.5. The fourth-order valence-electron chi connectivity index (χ4n) is 6.11. The number of rotatable bonds is 8. The lowest BCUT2D eigenvalue weighted by molar-refractivity contribution is 0.245. The third-order valence-electron chi connectivity index (χ3n) is 8.28. The molecule has 0 bridgehead atoms. The molecule has 2 saturated carbocycles. The average Bonchev–Trinajstić information content (AvgIpc) is 2.86. The molecule has 33 heavy (non-hydrogen) atoms. The fraction of sp³-hybridized carbons (Fsp3) is 0.600. The van der Waals surface area contributed by atoms with Crippen molar-refractivity contribution in [3.05, 3.63) is 53.6 Å². The molecule has 0 spiro atoms. The van der Waals surface area contributed by atoms with E-state index in [1.54, 1.807) is 13.2 Å². The minimum absolute atomic E-state index is 0.132. The van der Waals surface area contributed by atoms with Crippen LogP contribution in [-0.2, 0) is 0 Å². The highest BCUT2D eigenvalue weighted by Crippen LogP contribution is 2.42. The molecule has 0 heterocycles. The number of unbranched alkanes of at least 4 members (excludes halogenated alkanes) is 1. The Labute approximate surface area is 198 Å². The van der Waals surface area contributed by atoms with Crippen molar-refractivity contribution in [3.8, 4) is 5.75 Å². The number of ether oxygens (including phenoxy) is 1. The van der Waals surface area contributed by atoms with Crippen LogP contribution in [0.5, 0.6) is 5.75 Å². The van der Waals surface area contributed by atoms with Gasteiger partial charge in [0, 0.05) is 5.39 Å². The monoisotopic (exact) mass is 454 g/mol. The van der Waals surface area contributed by atoms with E-state index in [9.17, 15) is 8.78 Å². The van der Waals surface area contributed by atoms with Crippen LogP contribution in [0.25, 0.3) is 10.8 Å². The van der Waals surface area contributed by atoms with Gasteiger partial charge in [-0.1, -0.05) is 44.4 Å². The molecule has 0 aliphatic heterocycles. The first-order valence-electron chi connectivity index (χ1n) is 13.2. The van der Waals surface area contributed by atoms with Gasteiger partial charge in [-0.15, -0.1) is 0 Å². The average molecular weight is 455 g/mol. The van der Waals surface area contributed by atoms with Crippen LogP contribution in [0.15, 0.2) is 36.4 Å². The minimum Gasteiger partial charge on any atom is -0.497 e. The van der Waals surface area contributed by atoms with Gasteiger partial charge in [0.25, 0.3) is 0 Å². The maximum absolute atomic E-state index is 14.9. The summed E-state index contributed by atoms with van der Waals surface area (Å²) in [4.78, 5) is 0. The maximum Gasteiger partial charge on any atom is 0.167 e. The van der Waals surface area contributed by atoms with E-state index in [4.69, 9.17) is 4.74 Å². The predicted octanol–water partition coefficient (Wildman–Crippen LogP) is 9.34. The first-order valence-corrected chi connectivity index (χ1v) is 13.2. The molecule has 0 amide bonds. The van der Waals surface area contributed by atoms with Gasteiger partial charge in [0.05, 0.1) is 7.11 Å². The Balaban J connectivity index is 1.27. The van der Waals surface area contributed by atoms with Gasteiger partial charge < -0.3 is 4.74 Å². The molecule has 2 aliphatic carbocycles. The van der Waals surface area contributed by atoms with Crippen molar-refractivity contribution < 1.29 is 13.5 Å². The summed E-state index contributed by atoms with van der Waals surface area (Å²) in [6.45, 7) is 2.24. The van der Waals surface area contributed by atoms with Crippen LogP contribution in [0.3, 0.4) is 0 Å². The molecular formula is C30H40F2O. The number of benzene rings is 2. The standard InChI is InChI=1S/C30H40F2O/c1-3-4-5-6-21-7-9-22(10-8-21)11-12-23-13-15-24(16-14-23)27-19-25-17-18-26(33-2)20-28(25)30(32)29(27)31/h5-6,17-24H,3-4,7-16H2,1-2H3/b6-5+. The molecule has 3 heteroatoms. The zero-order valence-corrected chi connectivity index (χ0v) is 20.4. The highest BCUT2D eigenvalue weighted by Gasteiger charge is 2.28. The van der Waals surface area contributed by atoms with Crippen molar-refractivity contribution in [2.24, 2.45) is 17.8 Å². The summed E-state index contributed by atoms with van der Waals surface area (Å²) in [5, 5.41) is 1.06. The van der Waals surface area contributed by atoms with E-state index in [1.165, 1.54) is 51.4 Å². The highest BCUT2D eigenvalue weighted by atomic mass is 19.2. The molecule has 0 aromatic heterocycles. The zero-order chi connectivity index (χ0) is 23.2. The van der Waals surface area contributed by atoms with E-state index in [0.717, 1.165) is 48.8 Å². The zero-order valence-electron chi connectivity index (χ0n) is 20.4. The normalized spacial score (nSPS) is 26.2. The lowest BCUT2D eigenvalue weighted by atomic mass is 9.74. The van der Waals surface area contributed by atoms with Crippen molar-refractivity contribution in [1.29, 1.82) is 0 Å². The lowest BCUT2D eigenvalue weighted by Gasteiger charge is -2.32. The van der Waals surface area contributed by atoms with Gasteiger partial charge >= 0.3 is 0 Å². The summed E-state index contributed by atoms with van der Waals surface area (Å²) < 4.78 is 34.9. The number of fused-ring (bicyclic) bond motifs is 1. The highest BCUT2D eigenvalue weighted by molar-refractivity contribution is 5.85. The van der Waals surface area contributed by atoms with Gasteiger partial charge in [-0.25, -0.2) is 8.78 Å². The van der Waals surface area contributed by atoms with Gasteiger partial charge in [-0.05, 0) is 111 Å². The Morgan fingerprint density at radius 2 is 1.55 bits per heavy atom. The molecule has 1 nitrogen and oxygen atoms in total. The Kier molecular flexibility index (Phi) is 8.44. The topological polar surface area (TPSA) is 9.23 Å². The third kappa shape index (κ3) is 5.97. The summed E-state index contributed by atoms with van der Waals surface area (Å²) >= 11 is 0. The first kappa shape index (κ1) is 24.2. The molecule has 0 N–H and O–H groups in total. The van der Waals surface area contributed by atoms with Crippen LogP contribution >= 0.6 is 0 Å². The van der Waals surface area contributed by atoms with Gasteiger partial charge in [0.1, 0.15) is 5.75 Å². The van der Waals surface area contributed by atoms with Crippen LogP contribution < -0.4 is 4.74 Å². The molecule has 4 rings (SSSR count). The maximum atomic E-state index is 14.9. The second-order valence-corrected chi connectivity index (χ2v) is 10.5. The van der Waals surface area contributed by atoms with E-state index in [-0.39, 0.29) is 5.92 Å². The number of hydrogen-bond acceptors (Lipinski definition) is 1. The lowest BCUT2D eigenvalue weighted by Crippen LogP contribution is -2.18. The Morgan fingerprint density at radius 1 is 0.879 bits per heavy atom. The number of allylic oxidation sites excluding steroid dienone is 2. The third-order valence-corrected chi connectivity index (χ3v) is 8.28. The molecule has 0 saturated heterocycles. The molecular weight excluding hydrogens is 414 g/mol.